The van der Waals surface area contributed by atoms with E-state index in [1.54, 1.807) is 17.8 Å². The third-order valence-corrected chi connectivity index (χ3v) is 8.36. The van der Waals surface area contributed by atoms with Crippen molar-refractivity contribution in [1.29, 1.82) is 0 Å². The third kappa shape index (κ3) is 5.08. The molecular formula is C30H25BrF3N7O3. The summed E-state index contributed by atoms with van der Waals surface area (Å²) in [6, 6.07) is 14.5. The first-order valence-corrected chi connectivity index (χ1v) is 14.4. The van der Waals surface area contributed by atoms with E-state index in [-0.39, 0.29) is 52.5 Å². The molecule has 0 saturated carbocycles. The minimum Gasteiger partial charge on any atom is -0.354 e. The van der Waals surface area contributed by atoms with Gasteiger partial charge >= 0.3 is 6.18 Å². The van der Waals surface area contributed by atoms with E-state index in [2.05, 4.69) is 31.4 Å². The lowest BCUT2D eigenvalue weighted by molar-refractivity contribution is -0.138. The van der Waals surface area contributed by atoms with E-state index < -0.39 is 17.6 Å². The molecule has 0 spiro atoms. The molecule has 0 fully saturated rings. The molecule has 14 heteroatoms. The SMILES string of the molecule is CNC(=O)c1cc(-n2c(=O)c3c(n4ncc(Cc5ccccc5)c24)CN(C(=O)c2ccc(Br)c(C(F)(F)F)c2)CC3)nn1C. The van der Waals surface area contributed by atoms with Crippen molar-refractivity contribution in [1.82, 2.24) is 34.2 Å². The lowest BCUT2D eigenvalue weighted by atomic mass is 10.0. The lowest BCUT2D eigenvalue weighted by Gasteiger charge is -2.29. The molecule has 44 heavy (non-hydrogen) atoms. The standard InChI is InChI=1S/C30H25BrF3N7O3/c1-35-26(42)23-14-25(37-38(23)2)40-27-19(12-17-6-4-3-5-7-17)15-36-41(27)24-16-39(11-10-20(24)29(40)44)28(43)18-8-9-22(31)21(13-18)30(32,33)34/h3-9,13-15H,10-12,16H2,1-2H3,(H,35,42). The van der Waals surface area contributed by atoms with Gasteiger partial charge in [-0.15, -0.1) is 0 Å². The molecule has 0 unspecified atom stereocenters. The Balaban J connectivity index is 1.48. The molecule has 2 amide bonds. The highest BCUT2D eigenvalue weighted by atomic mass is 79.9. The molecule has 4 heterocycles. The number of carbonyl (C=O) groups is 2. The number of hydrogen-bond acceptors (Lipinski definition) is 5. The number of carbonyl (C=O) groups excluding carboxylic acids is 2. The summed E-state index contributed by atoms with van der Waals surface area (Å²) in [6.45, 7) is 0.0597. The zero-order chi connectivity index (χ0) is 31.3. The number of rotatable bonds is 5. The quantitative estimate of drug-likeness (QED) is 0.303. The van der Waals surface area contributed by atoms with Crippen LogP contribution in [0.5, 0.6) is 0 Å². The zero-order valence-corrected chi connectivity index (χ0v) is 25.1. The molecule has 5 aromatic rings. The van der Waals surface area contributed by atoms with Crippen LogP contribution in [0.2, 0.25) is 0 Å². The lowest BCUT2D eigenvalue weighted by Crippen LogP contribution is -2.41. The van der Waals surface area contributed by atoms with E-state index in [9.17, 15) is 27.6 Å². The van der Waals surface area contributed by atoms with E-state index in [1.807, 2.05) is 30.3 Å². The number of alkyl halides is 3. The topological polar surface area (TPSA) is 107 Å². The predicted molar refractivity (Wildman–Crippen MR) is 158 cm³/mol. The monoisotopic (exact) mass is 667 g/mol. The number of aromatic nitrogens is 5. The van der Waals surface area contributed by atoms with Gasteiger partial charge in [0, 0.05) is 54.3 Å². The van der Waals surface area contributed by atoms with Gasteiger partial charge < -0.3 is 10.2 Å². The van der Waals surface area contributed by atoms with Gasteiger partial charge in [0.1, 0.15) is 11.3 Å². The second kappa shape index (κ2) is 11.1. The Hall–Kier alpha value is -4.72. The maximum atomic E-state index is 14.2. The second-order valence-electron chi connectivity index (χ2n) is 10.4. The van der Waals surface area contributed by atoms with Gasteiger partial charge in [-0.2, -0.15) is 23.4 Å². The average Bonchev–Trinajstić information content (AvgIpc) is 3.60. The maximum absolute atomic E-state index is 14.2. The molecule has 3 aromatic heterocycles. The summed E-state index contributed by atoms with van der Waals surface area (Å²) in [5.41, 5.74) is 1.75. The van der Waals surface area contributed by atoms with Gasteiger partial charge in [0.05, 0.1) is 24.0 Å². The second-order valence-corrected chi connectivity index (χ2v) is 11.2. The molecule has 1 aliphatic heterocycles. The molecule has 1 N–H and O–H groups in total. The minimum absolute atomic E-state index is 0.0453. The van der Waals surface area contributed by atoms with Crippen LogP contribution in [0.4, 0.5) is 13.2 Å². The van der Waals surface area contributed by atoms with Crippen molar-refractivity contribution in [3.63, 3.8) is 0 Å². The van der Waals surface area contributed by atoms with Crippen molar-refractivity contribution in [2.45, 2.75) is 25.6 Å². The Labute approximate surface area is 256 Å². The molecule has 0 radical (unpaired) electrons. The van der Waals surface area contributed by atoms with Gasteiger partial charge in [-0.05, 0) is 30.2 Å². The number of halogens is 4. The van der Waals surface area contributed by atoms with Crippen LogP contribution in [0.25, 0.3) is 11.5 Å². The molecule has 0 bridgehead atoms. The summed E-state index contributed by atoms with van der Waals surface area (Å²) in [5, 5.41) is 11.6. The first-order valence-electron chi connectivity index (χ1n) is 13.6. The van der Waals surface area contributed by atoms with Crippen molar-refractivity contribution in [3.05, 3.63) is 115 Å². The molecule has 226 valence electrons. The van der Waals surface area contributed by atoms with Gasteiger partial charge in [-0.25, -0.2) is 9.08 Å². The summed E-state index contributed by atoms with van der Waals surface area (Å²) in [6.07, 6.45) is -2.43. The fourth-order valence-electron chi connectivity index (χ4n) is 5.50. The summed E-state index contributed by atoms with van der Waals surface area (Å²) < 4.78 is 44.9. The summed E-state index contributed by atoms with van der Waals surface area (Å²) in [5.74, 6) is -0.739. The highest BCUT2D eigenvalue weighted by Crippen LogP contribution is 2.36. The van der Waals surface area contributed by atoms with Crippen molar-refractivity contribution in [2.24, 2.45) is 7.05 Å². The summed E-state index contributed by atoms with van der Waals surface area (Å²) in [4.78, 5) is 41.5. The number of aryl methyl sites for hydroxylation is 1. The third-order valence-electron chi connectivity index (χ3n) is 7.67. The Morgan fingerprint density at radius 1 is 1.09 bits per heavy atom. The number of nitrogens with zero attached hydrogens (tertiary/aromatic N) is 6. The fourth-order valence-corrected chi connectivity index (χ4v) is 5.97. The first kappa shape index (κ1) is 29.4. The zero-order valence-electron chi connectivity index (χ0n) is 23.5. The van der Waals surface area contributed by atoms with Gasteiger partial charge in [-0.3, -0.25) is 19.1 Å². The fraction of sp³-hybridized carbons (Fsp3) is 0.233. The van der Waals surface area contributed by atoms with Crippen molar-refractivity contribution < 1.29 is 22.8 Å². The highest BCUT2D eigenvalue weighted by molar-refractivity contribution is 9.10. The van der Waals surface area contributed by atoms with Gasteiger partial charge in [0.2, 0.25) is 0 Å². The molecule has 10 nitrogen and oxygen atoms in total. The average molecular weight is 668 g/mol. The molecular weight excluding hydrogens is 643 g/mol. The van der Waals surface area contributed by atoms with E-state index in [0.29, 0.717) is 28.9 Å². The predicted octanol–water partition coefficient (Wildman–Crippen LogP) is 4.15. The Morgan fingerprint density at radius 2 is 1.84 bits per heavy atom. The molecule has 6 rings (SSSR count). The van der Waals surface area contributed by atoms with Crippen molar-refractivity contribution in [3.8, 4) is 5.82 Å². The number of fused-ring (bicyclic) bond motifs is 3. The van der Waals surface area contributed by atoms with Gasteiger partial charge in [0.25, 0.3) is 17.4 Å². The first-order chi connectivity index (χ1) is 21.0. The van der Waals surface area contributed by atoms with Crippen LogP contribution in [0.1, 0.15) is 48.8 Å². The molecule has 0 aliphatic carbocycles. The van der Waals surface area contributed by atoms with Crippen molar-refractivity contribution >= 4 is 33.4 Å². The van der Waals surface area contributed by atoms with E-state index >= 15 is 0 Å². The van der Waals surface area contributed by atoms with Crippen molar-refractivity contribution in [2.75, 3.05) is 13.6 Å². The van der Waals surface area contributed by atoms with Crippen LogP contribution < -0.4 is 10.9 Å². The van der Waals surface area contributed by atoms with E-state index in [1.165, 1.54) is 39.4 Å². The van der Waals surface area contributed by atoms with E-state index in [4.69, 9.17) is 0 Å². The largest absolute Gasteiger partial charge is 0.417 e. The molecule has 2 aromatic carbocycles. The summed E-state index contributed by atoms with van der Waals surface area (Å²) >= 11 is 2.92. The maximum Gasteiger partial charge on any atom is 0.417 e. The highest BCUT2D eigenvalue weighted by Gasteiger charge is 2.35. The molecule has 0 saturated heterocycles. The number of amides is 2. The van der Waals surface area contributed by atoms with Crippen LogP contribution in [-0.4, -0.2) is 54.3 Å². The van der Waals surface area contributed by atoms with Gasteiger partial charge in [0.15, 0.2) is 5.82 Å². The molecule has 1 aliphatic rings. The number of hydrogen-bond donors (Lipinski definition) is 1. The Kier molecular flexibility index (Phi) is 7.40. The normalized spacial score (nSPS) is 13.3. The summed E-state index contributed by atoms with van der Waals surface area (Å²) in [7, 11) is 3.10. The van der Waals surface area contributed by atoms with Crippen LogP contribution in [0.15, 0.2) is 70.1 Å². The van der Waals surface area contributed by atoms with Crippen LogP contribution in [0.3, 0.4) is 0 Å². The Bertz CT molecular complexity index is 2000. The minimum atomic E-state index is -4.64. The Morgan fingerprint density at radius 3 is 2.55 bits per heavy atom. The van der Waals surface area contributed by atoms with Gasteiger partial charge in [-0.1, -0.05) is 46.3 Å². The number of nitrogens with one attached hydrogen (secondary N) is 1. The molecule has 0 atom stereocenters. The van der Waals surface area contributed by atoms with Crippen LogP contribution >= 0.6 is 15.9 Å². The van der Waals surface area contributed by atoms with Crippen LogP contribution in [0, 0.1) is 0 Å². The smallest absolute Gasteiger partial charge is 0.354 e. The van der Waals surface area contributed by atoms with Crippen LogP contribution in [-0.2, 0) is 32.6 Å². The van der Waals surface area contributed by atoms with E-state index in [0.717, 1.165) is 11.6 Å². The number of benzene rings is 2.